The third-order valence-electron chi connectivity index (χ3n) is 2.60. The van der Waals surface area contributed by atoms with Crippen LogP contribution in [0.25, 0.3) is 0 Å². The molecule has 1 aromatic heterocycles. The van der Waals surface area contributed by atoms with Crippen LogP contribution in [0.2, 0.25) is 0 Å². The van der Waals surface area contributed by atoms with Crippen molar-refractivity contribution < 1.29 is 19.8 Å². The molecule has 2 aromatic rings. The van der Waals surface area contributed by atoms with Gasteiger partial charge >= 0.3 is 5.97 Å². The molecule has 0 saturated carbocycles. The van der Waals surface area contributed by atoms with Gasteiger partial charge in [0.25, 0.3) is 5.91 Å². The van der Waals surface area contributed by atoms with E-state index in [0.717, 1.165) is 3.57 Å². The first-order valence-corrected chi connectivity index (χ1v) is 7.87. The van der Waals surface area contributed by atoms with Crippen LogP contribution >= 0.6 is 33.9 Å². The zero-order valence-electron chi connectivity index (χ0n) is 10.7. The summed E-state index contributed by atoms with van der Waals surface area (Å²) >= 11 is 3.29. The summed E-state index contributed by atoms with van der Waals surface area (Å²) in [5.74, 6) is -1.51. The Bertz CT molecular complexity index is 687. The van der Waals surface area contributed by atoms with E-state index >= 15 is 0 Å². The predicted molar refractivity (Wildman–Crippen MR) is 85.9 cm³/mol. The molecule has 1 aromatic carbocycles. The van der Waals surface area contributed by atoms with Crippen molar-refractivity contribution in [2.45, 2.75) is 6.42 Å². The maximum Gasteiger partial charge on any atom is 0.355 e. The summed E-state index contributed by atoms with van der Waals surface area (Å²) in [7, 11) is 0. The highest BCUT2D eigenvalue weighted by molar-refractivity contribution is 14.1. The molecule has 6 nitrogen and oxygen atoms in total. The number of benzene rings is 1. The molecule has 1 heterocycles. The van der Waals surface area contributed by atoms with Crippen LogP contribution in [0.4, 0.5) is 0 Å². The number of nitrogens with zero attached hydrogens (tertiary/aromatic N) is 1. The van der Waals surface area contributed by atoms with E-state index in [1.165, 1.54) is 22.8 Å². The number of nitrogens with one attached hydrogen (secondary N) is 1. The van der Waals surface area contributed by atoms with E-state index in [1.54, 1.807) is 12.1 Å². The zero-order chi connectivity index (χ0) is 15.4. The topological polar surface area (TPSA) is 99.5 Å². The number of carboxylic acids is 1. The van der Waals surface area contributed by atoms with E-state index in [0.29, 0.717) is 18.0 Å². The van der Waals surface area contributed by atoms with Crippen LogP contribution in [0.5, 0.6) is 5.75 Å². The van der Waals surface area contributed by atoms with E-state index in [4.69, 9.17) is 5.11 Å². The van der Waals surface area contributed by atoms with E-state index in [9.17, 15) is 14.7 Å². The van der Waals surface area contributed by atoms with Gasteiger partial charge in [0, 0.05) is 21.9 Å². The predicted octanol–water partition coefficient (Wildman–Crippen LogP) is 2.12. The summed E-state index contributed by atoms with van der Waals surface area (Å²) in [6.07, 6.45) is 0.439. The van der Waals surface area contributed by atoms with Gasteiger partial charge in [-0.1, -0.05) is 0 Å². The Morgan fingerprint density at radius 2 is 2.14 bits per heavy atom. The number of aromatic nitrogens is 1. The largest absolute Gasteiger partial charge is 0.507 e. The first kappa shape index (κ1) is 15.7. The van der Waals surface area contributed by atoms with Gasteiger partial charge in [0.2, 0.25) is 0 Å². The Morgan fingerprint density at radius 1 is 1.38 bits per heavy atom. The van der Waals surface area contributed by atoms with Gasteiger partial charge in [-0.25, -0.2) is 9.78 Å². The number of aromatic carboxylic acids is 1. The minimum absolute atomic E-state index is 0.0107. The molecule has 110 valence electrons. The van der Waals surface area contributed by atoms with Gasteiger partial charge in [0.1, 0.15) is 5.75 Å². The second kappa shape index (κ2) is 6.85. The lowest BCUT2D eigenvalue weighted by molar-refractivity contribution is 0.0690. The average molecular weight is 418 g/mol. The third kappa shape index (κ3) is 4.14. The molecule has 0 aliphatic carbocycles. The molecule has 3 N–H and O–H groups in total. The molecule has 0 saturated heterocycles. The van der Waals surface area contributed by atoms with Crippen molar-refractivity contribution >= 4 is 45.8 Å². The minimum atomic E-state index is -1.06. The van der Waals surface area contributed by atoms with Crippen molar-refractivity contribution in [3.05, 3.63) is 43.4 Å². The van der Waals surface area contributed by atoms with Crippen LogP contribution in [0, 0.1) is 3.57 Å². The summed E-state index contributed by atoms with van der Waals surface area (Å²) in [6, 6.07) is 4.77. The Kier molecular flexibility index (Phi) is 5.12. The van der Waals surface area contributed by atoms with Crippen molar-refractivity contribution in [3.63, 3.8) is 0 Å². The first-order valence-electron chi connectivity index (χ1n) is 5.92. The third-order valence-corrected chi connectivity index (χ3v) is 4.18. The molecule has 2 rings (SSSR count). The fourth-order valence-electron chi connectivity index (χ4n) is 1.59. The number of carbonyl (C=O) groups excluding carboxylic acids is 1. The van der Waals surface area contributed by atoms with Gasteiger partial charge in [0.05, 0.1) is 10.6 Å². The van der Waals surface area contributed by atoms with Crippen LogP contribution in [0.1, 0.15) is 25.9 Å². The van der Waals surface area contributed by atoms with Gasteiger partial charge in [-0.15, -0.1) is 11.3 Å². The maximum absolute atomic E-state index is 11.9. The van der Waals surface area contributed by atoms with E-state index in [2.05, 4.69) is 32.9 Å². The van der Waals surface area contributed by atoms with Crippen LogP contribution < -0.4 is 5.32 Å². The van der Waals surface area contributed by atoms with E-state index in [1.807, 2.05) is 0 Å². The number of hydrogen-bond donors (Lipinski definition) is 3. The molecule has 0 radical (unpaired) electrons. The Balaban J connectivity index is 1.92. The number of phenolic OH excluding ortho intramolecular Hbond substituents is 1. The SMILES string of the molecule is O=C(O)c1csc(CCNC(=O)c2cc(I)ccc2O)n1. The summed E-state index contributed by atoms with van der Waals surface area (Å²) in [5, 5.41) is 23.2. The number of phenols is 1. The summed E-state index contributed by atoms with van der Waals surface area (Å²) in [5.41, 5.74) is 0.226. The highest BCUT2D eigenvalue weighted by atomic mass is 127. The number of hydrogen-bond acceptors (Lipinski definition) is 5. The van der Waals surface area contributed by atoms with E-state index in [-0.39, 0.29) is 22.9 Å². The highest BCUT2D eigenvalue weighted by Crippen LogP contribution is 2.19. The van der Waals surface area contributed by atoms with Gasteiger partial charge in [-0.05, 0) is 40.8 Å². The minimum Gasteiger partial charge on any atom is -0.507 e. The van der Waals surface area contributed by atoms with Crippen LogP contribution in [-0.2, 0) is 6.42 Å². The first-order chi connectivity index (χ1) is 9.97. The van der Waals surface area contributed by atoms with Crippen LogP contribution in [0.3, 0.4) is 0 Å². The molecule has 0 bridgehead atoms. The smallest absolute Gasteiger partial charge is 0.355 e. The lowest BCUT2D eigenvalue weighted by Gasteiger charge is -2.06. The zero-order valence-corrected chi connectivity index (χ0v) is 13.6. The molecule has 0 aliphatic heterocycles. The lowest BCUT2D eigenvalue weighted by Crippen LogP contribution is -2.25. The molecule has 0 atom stereocenters. The number of carboxylic acid groups (broad SMARTS) is 1. The summed E-state index contributed by atoms with van der Waals surface area (Å²) in [6.45, 7) is 0.316. The molecular weight excluding hydrogens is 407 g/mol. The molecule has 8 heteroatoms. The second-order valence-corrected chi connectivity index (χ2v) is 6.29. The Hall–Kier alpha value is -1.68. The standard InChI is InChI=1S/C13H11IN2O4S/c14-7-1-2-10(17)8(5-7)12(18)15-4-3-11-16-9(6-21-11)13(19)20/h1-2,5-6,17H,3-4H2,(H,15,18)(H,19,20). The van der Waals surface area contributed by atoms with Crippen LogP contribution in [-0.4, -0.2) is 33.6 Å². The number of aromatic hydroxyl groups is 1. The lowest BCUT2D eigenvalue weighted by atomic mass is 10.2. The van der Waals surface area contributed by atoms with Gasteiger partial charge in [0.15, 0.2) is 5.69 Å². The average Bonchev–Trinajstić information content (AvgIpc) is 2.90. The van der Waals surface area contributed by atoms with Gasteiger partial charge < -0.3 is 15.5 Å². The number of thiazole rings is 1. The Labute approximate surface area is 138 Å². The summed E-state index contributed by atoms with van der Waals surface area (Å²) < 4.78 is 0.849. The molecule has 0 unspecified atom stereocenters. The monoisotopic (exact) mass is 418 g/mol. The number of rotatable bonds is 5. The van der Waals surface area contributed by atoms with Crippen molar-refractivity contribution in [3.8, 4) is 5.75 Å². The molecule has 21 heavy (non-hydrogen) atoms. The van der Waals surface area contributed by atoms with Gasteiger partial charge in [-0.3, -0.25) is 4.79 Å². The fourth-order valence-corrected chi connectivity index (χ4v) is 2.86. The number of halogens is 1. The van der Waals surface area contributed by atoms with Crippen molar-refractivity contribution in [2.24, 2.45) is 0 Å². The van der Waals surface area contributed by atoms with Crippen molar-refractivity contribution in [1.29, 1.82) is 0 Å². The van der Waals surface area contributed by atoms with Crippen molar-refractivity contribution in [1.82, 2.24) is 10.3 Å². The molecule has 0 spiro atoms. The van der Waals surface area contributed by atoms with Gasteiger partial charge in [-0.2, -0.15) is 0 Å². The normalized spacial score (nSPS) is 10.3. The number of carbonyl (C=O) groups is 2. The van der Waals surface area contributed by atoms with Crippen molar-refractivity contribution in [2.75, 3.05) is 6.54 Å². The van der Waals surface area contributed by atoms with E-state index < -0.39 is 5.97 Å². The highest BCUT2D eigenvalue weighted by Gasteiger charge is 2.12. The molecule has 0 aliphatic rings. The Morgan fingerprint density at radius 3 is 2.81 bits per heavy atom. The number of amides is 1. The second-order valence-electron chi connectivity index (χ2n) is 4.10. The summed E-state index contributed by atoms with van der Waals surface area (Å²) in [4.78, 5) is 26.6. The maximum atomic E-state index is 11.9. The fraction of sp³-hybridized carbons (Fsp3) is 0.154. The molecule has 1 amide bonds. The quantitative estimate of drug-likeness (QED) is 0.647. The van der Waals surface area contributed by atoms with Crippen LogP contribution in [0.15, 0.2) is 23.6 Å². The molecular formula is C13H11IN2O4S. The molecule has 0 fully saturated rings.